The Bertz CT molecular complexity index is 490. The molecule has 0 saturated carbocycles. The van der Waals surface area contributed by atoms with E-state index in [1.807, 2.05) is 56.3 Å². The summed E-state index contributed by atoms with van der Waals surface area (Å²) in [6, 6.07) is 18.2. The summed E-state index contributed by atoms with van der Waals surface area (Å²) in [6.45, 7) is 4.43. The smallest absolute Gasteiger partial charge is 0.105 e. The summed E-state index contributed by atoms with van der Waals surface area (Å²) in [5.74, 6) is 0. The molecular weight excluding hydrogens is 236 g/mol. The second-order valence-corrected chi connectivity index (χ2v) is 4.59. The first kappa shape index (κ1) is 13.8. The van der Waals surface area contributed by atoms with Gasteiger partial charge in [0.25, 0.3) is 0 Å². The third kappa shape index (κ3) is 3.43. The summed E-state index contributed by atoms with van der Waals surface area (Å²) in [4.78, 5) is 0. The van der Waals surface area contributed by atoms with Gasteiger partial charge in [0.1, 0.15) is 6.10 Å². The molecule has 0 aliphatic heterocycles. The van der Waals surface area contributed by atoms with E-state index in [1.165, 1.54) is 5.56 Å². The molecule has 19 heavy (non-hydrogen) atoms. The predicted octanol–water partition coefficient (Wildman–Crippen LogP) is 3.81. The molecule has 0 amide bonds. The van der Waals surface area contributed by atoms with Gasteiger partial charge < -0.3 is 9.84 Å². The Balaban J connectivity index is 2.15. The van der Waals surface area contributed by atoms with E-state index in [0.29, 0.717) is 6.61 Å². The van der Waals surface area contributed by atoms with Crippen molar-refractivity contribution in [2.45, 2.75) is 26.1 Å². The number of aliphatic hydroxyl groups is 1. The van der Waals surface area contributed by atoms with Gasteiger partial charge >= 0.3 is 0 Å². The lowest BCUT2D eigenvalue weighted by molar-refractivity contribution is -0.0227. The molecule has 2 aromatic carbocycles. The van der Waals surface area contributed by atoms with Gasteiger partial charge in [-0.1, -0.05) is 54.6 Å². The van der Waals surface area contributed by atoms with Crippen molar-refractivity contribution in [3.8, 4) is 11.1 Å². The van der Waals surface area contributed by atoms with Crippen molar-refractivity contribution in [2.75, 3.05) is 6.61 Å². The molecular formula is C17H20O2. The highest BCUT2D eigenvalue weighted by atomic mass is 16.5. The second kappa shape index (κ2) is 6.50. The minimum Gasteiger partial charge on any atom is -0.386 e. The summed E-state index contributed by atoms with van der Waals surface area (Å²) >= 11 is 0. The maximum atomic E-state index is 10.2. The largest absolute Gasteiger partial charge is 0.386 e. The SMILES string of the molecule is CCOC(C)C(O)c1ccc(-c2ccccc2)cc1. The van der Waals surface area contributed by atoms with Crippen molar-refractivity contribution in [3.05, 3.63) is 60.2 Å². The van der Waals surface area contributed by atoms with Gasteiger partial charge in [0, 0.05) is 6.61 Å². The number of rotatable bonds is 5. The molecule has 0 aliphatic rings. The molecule has 0 fully saturated rings. The van der Waals surface area contributed by atoms with Crippen molar-refractivity contribution in [1.82, 2.24) is 0 Å². The fourth-order valence-electron chi connectivity index (χ4n) is 2.13. The predicted molar refractivity (Wildman–Crippen MR) is 77.9 cm³/mol. The standard InChI is InChI=1S/C17H20O2/c1-3-19-13(2)17(18)16-11-9-15(10-12-16)14-7-5-4-6-8-14/h4-13,17-18H,3H2,1-2H3. The monoisotopic (exact) mass is 256 g/mol. The van der Waals surface area contributed by atoms with Crippen molar-refractivity contribution in [1.29, 1.82) is 0 Å². The van der Waals surface area contributed by atoms with E-state index in [4.69, 9.17) is 4.74 Å². The van der Waals surface area contributed by atoms with Crippen LogP contribution in [0.15, 0.2) is 54.6 Å². The molecule has 2 aromatic rings. The molecule has 0 bridgehead atoms. The van der Waals surface area contributed by atoms with E-state index in [0.717, 1.165) is 11.1 Å². The fraction of sp³-hybridized carbons (Fsp3) is 0.294. The van der Waals surface area contributed by atoms with Gasteiger partial charge in [-0.15, -0.1) is 0 Å². The summed E-state index contributed by atoms with van der Waals surface area (Å²) in [5, 5.41) is 10.2. The van der Waals surface area contributed by atoms with E-state index in [2.05, 4.69) is 12.1 Å². The van der Waals surface area contributed by atoms with Crippen LogP contribution in [0, 0.1) is 0 Å². The van der Waals surface area contributed by atoms with Crippen LogP contribution < -0.4 is 0 Å². The zero-order chi connectivity index (χ0) is 13.7. The molecule has 0 spiro atoms. The molecule has 100 valence electrons. The Morgan fingerprint density at radius 1 is 0.947 bits per heavy atom. The Hall–Kier alpha value is -1.64. The minimum absolute atomic E-state index is 0.187. The molecule has 0 aromatic heterocycles. The normalized spacial score (nSPS) is 14.1. The van der Waals surface area contributed by atoms with E-state index < -0.39 is 6.10 Å². The molecule has 1 N–H and O–H groups in total. The third-order valence-electron chi connectivity index (χ3n) is 3.23. The summed E-state index contributed by atoms with van der Waals surface area (Å²) in [5.41, 5.74) is 3.22. The third-order valence-corrected chi connectivity index (χ3v) is 3.23. The highest BCUT2D eigenvalue weighted by Gasteiger charge is 2.16. The lowest BCUT2D eigenvalue weighted by atomic mass is 10.00. The maximum Gasteiger partial charge on any atom is 0.105 e. The van der Waals surface area contributed by atoms with Crippen LogP contribution in [-0.2, 0) is 4.74 Å². The highest BCUT2D eigenvalue weighted by molar-refractivity contribution is 5.63. The van der Waals surface area contributed by atoms with Gasteiger partial charge in [0.2, 0.25) is 0 Å². The van der Waals surface area contributed by atoms with Gasteiger partial charge in [-0.3, -0.25) is 0 Å². The van der Waals surface area contributed by atoms with Crippen LogP contribution in [0.3, 0.4) is 0 Å². The van der Waals surface area contributed by atoms with E-state index in [9.17, 15) is 5.11 Å². The Kier molecular flexibility index (Phi) is 4.72. The molecule has 2 nitrogen and oxygen atoms in total. The van der Waals surface area contributed by atoms with Gasteiger partial charge in [0.05, 0.1) is 6.10 Å². The van der Waals surface area contributed by atoms with Gasteiger partial charge in [-0.25, -0.2) is 0 Å². The lowest BCUT2D eigenvalue weighted by Gasteiger charge is -2.19. The van der Waals surface area contributed by atoms with Gasteiger partial charge in [-0.05, 0) is 30.5 Å². The Morgan fingerprint density at radius 2 is 1.53 bits per heavy atom. The molecule has 2 unspecified atom stereocenters. The van der Waals surface area contributed by atoms with Crippen molar-refractivity contribution in [3.63, 3.8) is 0 Å². The number of aliphatic hydroxyl groups excluding tert-OH is 1. The van der Waals surface area contributed by atoms with E-state index in [1.54, 1.807) is 0 Å². The fourth-order valence-corrected chi connectivity index (χ4v) is 2.13. The summed E-state index contributed by atoms with van der Waals surface area (Å²) in [6.07, 6.45) is -0.766. The molecule has 0 saturated heterocycles. The average molecular weight is 256 g/mol. The zero-order valence-electron chi connectivity index (χ0n) is 11.4. The van der Waals surface area contributed by atoms with Crippen LogP contribution in [0.1, 0.15) is 25.5 Å². The first-order chi connectivity index (χ1) is 9.22. The Morgan fingerprint density at radius 3 is 2.11 bits per heavy atom. The van der Waals surface area contributed by atoms with Crippen LogP contribution in [0.25, 0.3) is 11.1 Å². The molecule has 0 heterocycles. The first-order valence-corrected chi connectivity index (χ1v) is 6.67. The van der Waals surface area contributed by atoms with Crippen LogP contribution in [0.4, 0.5) is 0 Å². The quantitative estimate of drug-likeness (QED) is 0.881. The topological polar surface area (TPSA) is 29.5 Å². The van der Waals surface area contributed by atoms with Crippen LogP contribution >= 0.6 is 0 Å². The Labute approximate surface area is 114 Å². The van der Waals surface area contributed by atoms with Crippen LogP contribution in [0.2, 0.25) is 0 Å². The highest BCUT2D eigenvalue weighted by Crippen LogP contribution is 2.24. The molecule has 2 rings (SSSR count). The first-order valence-electron chi connectivity index (χ1n) is 6.67. The number of ether oxygens (including phenoxy) is 1. The minimum atomic E-state index is -0.579. The van der Waals surface area contributed by atoms with Crippen molar-refractivity contribution >= 4 is 0 Å². The molecule has 2 atom stereocenters. The van der Waals surface area contributed by atoms with E-state index >= 15 is 0 Å². The zero-order valence-corrected chi connectivity index (χ0v) is 11.4. The number of hydrogen-bond acceptors (Lipinski definition) is 2. The maximum absolute atomic E-state index is 10.2. The number of benzene rings is 2. The van der Waals surface area contributed by atoms with Crippen molar-refractivity contribution < 1.29 is 9.84 Å². The molecule has 0 aliphatic carbocycles. The second-order valence-electron chi connectivity index (χ2n) is 4.59. The summed E-state index contributed by atoms with van der Waals surface area (Å²) < 4.78 is 5.42. The van der Waals surface area contributed by atoms with Gasteiger partial charge in [0.15, 0.2) is 0 Å². The number of hydrogen-bond donors (Lipinski definition) is 1. The van der Waals surface area contributed by atoms with Crippen LogP contribution in [0.5, 0.6) is 0 Å². The average Bonchev–Trinajstić information content (AvgIpc) is 2.48. The molecule has 2 heteroatoms. The lowest BCUT2D eigenvalue weighted by Crippen LogP contribution is -2.18. The van der Waals surface area contributed by atoms with E-state index in [-0.39, 0.29) is 6.10 Å². The van der Waals surface area contributed by atoms with Crippen molar-refractivity contribution in [2.24, 2.45) is 0 Å². The van der Waals surface area contributed by atoms with Gasteiger partial charge in [-0.2, -0.15) is 0 Å². The summed E-state index contributed by atoms with van der Waals surface area (Å²) in [7, 11) is 0. The molecule has 0 radical (unpaired) electrons. The van der Waals surface area contributed by atoms with Crippen LogP contribution in [-0.4, -0.2) is 17.8 Å².